The summed E-state index contributed by atoms with van der Waals surface area (Å²) in [5.41, 5.74) is 0.104. The third kappa shape index (κ3) is 4.96. The molecule has 90 valence electrons. The van der Waals surface area contributed by atoms with Crippen LogP contribution < -0.4 is 5.32 Å². The van der Waals surface area contributed by atoms with Gasteiger partial charge in [0.05, 0.1) is 11.7 Å². The summed E-state index contributed by atoms with van der Waals surface area (Å²) in [7, 11) is 2.17. The van der Waals surface area contributed by atoms with Gasteiger partial charge in [-0.3, -0.25) is 0 Å². The van der Waals surface area contributed by atoms with Crippen LogP contribution in [0.25, 0.3) is 0 Å². The van der Waals surface area contributed by atoms with Crippen molar-refractivity contribution in [1.29, 1.82) is 0 Å². The first kappa shape index (κ1) is 12.9. The van der Waals surface area contributed by atoms with Crippen LogP contribution in [-0.2, 0) is 4.74 Å². The third-order valence-corrected chi connectivity index (χ3v) is 2.99. The molecule has 3 nitrogen and oxygen atoms in total. The third-order valence-electron chi connectivity index (χ3n) is 2.99. The maximum atomic E-state index is 5.96. The van der Waals surface area contributed by atoms with Crippen molar-refractivity contribution in [3.8, 4) is 0 Å². The molecule has 1 fully saturated rings. The van der Waals surface area contributed by atoms with Gasteiger partial charge >= 0.3 is 0 Å². The maximum absolute atomic E-state index is 5.96. The Morgan fingerprint density at radius 2 is 2.20 bits per heavy atom. The molecule has 3 heteroatoms. The lowest BCUT2D eigenvalue weighted by Crippen LogP contribution is -2.35. The van der Waals surface area contributed by atoms with E-state index in [-0.39, 0.29) is 5.60 Å². The second-order valence-corrected chi connectivity index (χ2v) is 5.15. The molecule has 0 aromatic rings. The molecule has 0 aromatic heterocycles. The summed E-state index contributed by atoms with van der Waals surface area (Å²) in [5.74, 6) is 0. The molecule has 1 atom stereocenters. The zero-order valence-corrected chi connectivity index (χ0v) is 10.7. The highest BCUT2D eigenvalue weighted by atomic mass is 16.5. The van der Waals surface area contributed by atoms with E-state index >= 15 is 0 Å². The monoisotopic (exact) mass is 214 g/mol. The first-order chi connectivity index (χ1) is 7.03. The fraction of sp³-hybridized carbons (Fsp3) is 1.00. The van der Waals surface area contributed by atoms with Gasteiger partial charge < -0.3 is 15.0 Å². The highest BCUT2D eigenvalue weighted by Crippen LogP contribution is 2.29. The molecular formula is C12H26N2O. The van der Waals surface area contributed by atoms with Crippen molar-refractivity contribution in [3.05, 3.63) is 0 Å². The number of hydrogen-bond acceptors (Lipinski definition) is 3. The standard InChI is InChI=1S/C12H26N2O/c1-5-13-8-9-14(4)10-11-6-7-12(2,3)15-11/h11,13H,5-10H2,1-4H3. The Hall–Kier alpha value is -0.120. The van der Waals surface area contributed by atoms with Crippen LogP contribution >= 0.6 is 0 Å². The number of rotatable bonds is 6. The quantitative estimate of drug-likeness (QED) is 0.678. The van der Waals surface area contributed by atoms with Gasteiger partial charge in [0.25, 0.3) is 0 Å². The van der Waals surface area contributed by atoms with E-state index in [1.807, 2.05) is 0 Å². The van der Waals surface area contributed by atoms with Crippen LogP contribution in [0, 0.1) is 0 Å². The minimum absolute atomic E-state index is 0.104. The second-order valence-electron chi connectivity index (χ2n) is 5.15. The molecule has 0 aromatic carbocycles. The first-order valence-electron chi connectivity index (χ1n) is 6.10. The number of hydrogen-bond donors (Lipinski definition) is 1. The van der Waals surface area contributed by atoms with Crippen LogP contribution in [0.1, 0.15) is 33.6 Å². The topological polar surface area (TPSA) is 24.5 Å². The molecule has 0 saturated carbocycles. The first-order valence-corrected chi connectivity index (χ1v) is 6.10. The molecule has 0 amide bonds. The molecule has 1 saturated heterocycles. The molecule has 0 radical (unpaired) electrons. The van der Waals surface area contributed by atoms with Crippen LogP contribution in [0.4, 0.5) is 0 Å². The van der Waals surface area contributed by atoms with Gasteiger partial charge in [0.15, 0.2) is 0 Å². The molecule has 1 N–H and O–H groups in total. The lowest BCUT2D eigenvalue weighted by atomic mass is 10.1. The van der Waals surface area contributed by atoms with E-state index in [0.717, 1.165) is 26.2 Å². The summed E-state index contributed by atoms with van der Waals surface area (Å²) >= 11 is 0. The second kappa shape index (κ2) is 5.83. The lowest BCUT2D eigenvalue weighted by Gasteiger charge is -2.23. The van der Waals surface area contributed by atoms with Gasteiger partial charge in [0.1, 0.15) is 0 Å². The molecular weight excluding hydrogens is 188 g/mol. The van der Waals surface area contributed by atoms with Gasteiger partial charge in [-0.25, -0.2) is 0 Å². The Labute approximate surface area is 94.2 Å². The lowest BCUT2D eigenvalue weighted by molar-refractivity contribution is -0.0258. The average molecular weight is 214 g/mol. The summed E-state index contributed by atoms with van der Waals surface area (Å²) in [6, 6.07) is 0. The summed E-state index contributed by atoms with van der Waals surface area (Å²) in [5, 5.41) is 3.34. The minimum atomic E-state index is 0.104. The zero-order valence-electron chi connectivity index (χ0n) is 10.7. The van der Waals surface area contributed by atoms with Crippen LogP contribution in [0.5, 0.6) is 0 Å². The maximum Gasteiger partial charge on any atom is 0.0710 e. The summed E-state index contributed by atoms with van der Waals surface area (Å²) in [6.07, 6.45) is 2.84. The van der Waals surface area contributed by atoms with Gasteiger partial charge in [0, 0.05) is 19.6 Å². The number of ether oxygens (including phenoxy) is 1. The van der Waals surface area contributed by atoms with E-state index in [0.29, 0.717) is 6.10 Å². The normalized spacial score (nSPS) is 25.0. The Morgan fingerprint density at radius 1 is 1.47 bits per heavy atom. The Morgan fingerprint density at radius 3 is 2.73 bits per heavy atom. The molecule has 1 heterocycles. The van der Waals surface area contributed by atoms with Gasteiger partial charge in [0.2, 0.25) is 0 Å². The van der Waals surface area contributed by atoms with Crippen molar-refractivity contribution in [2.24, 2.45) is 0 Å². The molecule has 1 aliphatic heterocycles. The molecule has 1 aliphatic rings. The fourth-order valence-electron chi connectivity index (χ4n) is 2.09. The molecule has 1 rings (SSSR count). The minimum Gasteiger partial charge on any atom is -0.371 e. The Bertz CT molecular complexity index is 182. The smallest absolute Gasteiger partial charge is 0.0710 e. The van der Waals surface area contributed by atoms with Crippen LogP contribution in [-0.4, -0.2) is 49.8 Å². The van der Waals surface area contributed by atoms with Crippen molar-refractivity contribution in [1.82, 2.24) is 10.2 Å². The van der Waals surface area contributed by atoms with Crippen molar-refractivity contribution in [3.63, 3.8) is 0 Å². The Balaban J connectivity index is 2.13. The van der Waals surface area contributed by atoms with Crippen molar-refractivity contribution in [2.45, 2.75) is 45.3 Å². The van der Waals surface area contributed by atoms with Gasteiger partial charge in [-0.05, 0) is 40.3 Å². The van der Waals surface area contributed by atoms with E-state index in [9.17, 15) is 0 Å². The molecule has 0 spiro atoms. The summed E-state index contributed by atoms with van der Waals surface area (Å²) in [6.45, 7) is 10.8. The van der Waals surface area contributed by atoms with Crippen molar-refractivity contribution >= 4 is 0 Å². The van der Waals surface area contributed by atoms with Crippen LogP contribution in [0.2, 0.25) is 0 Å². The van der Waals surface area contributed by atoms with E-state index in [1.165, 1.54) is 12.8 Å². The number of nitrogens with one attached hydrogen (secondary N) is 1. The summed E-state index contributed by atoms with van der Waals surface area (Å²) in [4.78, 5) is 2.36. The van der Waals surface area contributed by atoms with E-state index in [1.54, 1.807) is 0 Å². The highest BCUT2D eigenvalue weighted by molar-refractivity contribution is 4.82. The van der Waals surface area contributed by atoms with Crippen LogP contribution in [0.3, 0.4) is 0 Å². The number of nitrogens with zero attached hydrogens (tertiary/aromatic N) is 1. The largest absolute Gasteiger partial charge is 0.371 e. The fourth-order valence-corrected chi connectivity index (χ4v) is 2.09. The van der Waals surface area contributed by atoms with Gasteiger partial charge in [-0.2, -0.15) is 0 Å². The molecule has 1 unspecified atom stereocenters. The number of likely N-dealkylation sites (N-methyl/N-ethyl adjacent to an activating group) is 2. The van der Waals surface area contributed by atoms with E-state index < -0.39 is 0 Å². The van der Waals surface area contributed by atoms with E-state index in [2.05, 4.69) is 38.0 Å². The van der Waals surface area contributed by atoms with Crippen LogP contribution in [0.15, 0.2) is 0 Å². The van der Waals surface area contributed by atoms with Crippen molar-refractivity contribution in [2.75, 3.05) is 33.2 Å². The highest BCUT2D eigenvalue weighted by Gasteiger charge is 2.31. The predicted molar refractivity (Wildman–Crippen MR) is 64.2 cm³/mol. The molecule has 0 bridgehead atoms. The molecule has 15 heavy (non-hydrogen) atoms. The van der Waals surface area contributed by atoms with Crippen molar-refractivity contribution < 1.29 is 4.74 Å². The van der Waals surface area contributed by atoms with Gasteiger partial charge in [-0.15, -0.1) is 0 Å². The zero-order chi connectivity index (χ0) is 11.3. The SMILES string of the molecule is CCNCCN(C)CC1CCC(C)(C)O1. The van der Waals surface area contributed by atoms with Gasteiger partial charge in [-0.1, -0.05) is 6.92 Å². The predicted octanol–water partition coefficient (Wildman–Crippen LogP) is 1.49. The Kier molecular flexibility index (Phi) is 5.03. The van der Waals surface area contributed by atoms with E-state index in [4.69, 9.17) is 4.74 Å². The summed E-state index contributed by atoms with van der Waals surface area (Å²) < 4.78 is 5.96. The average Bonchev–Trinajstić information content (AvgIpc) is 2.46. The molecule has 0 aliphatic carbocycles.